The number of carbonyl (C=O) groups is 1. The molecule has 1 N–H and O–H groups in total. The Kier molecular flexibility index (Phi) is 5.73. The first-order chi connectivity index (χ1) is 10.0. The number of piperidine rings is 1. The molecule has 4 nitrogen and oxygen atoms in total. The van der Waals surface area contributed by atoms with E-state index in [1.807, 2.05) is 4.90 Å². The van der Waals surface area contributed by atoms with Gasteiger partial charge in [-0.25, -0.2) is 0 Å². The van der Waals surface area contributed by atoms with Crippen LogP contribution < -0.4 is 0 Å². The number of halogens is 2. The highest BCUT2D eigenvalue weighted by Gasteiger charge is 2.30. The summed E-state index contributed by atoms with van der Waals surface area (Å²) in [5.41, 5.74) is 0.628. The summed E-state index contributed by atoms with van der Waals surface area (Å²) in [5.74, 6) is -0.181. The fraction of sp³-hybridized carbons (Fsp3) is 0.533. The molecular formula is C15H19Cl2NO3. The molecule has 0 unspecified atom stereocenters. The van der Waals surface area contributed by atoms with Crippen molar-refractivity contribution in [3.05, 3.63) is 27.7 Å². The number of hydrogen-bond donors (Lipinski definition) is 1. The summed E-state index contributed by atoms with van der Waals surface area (Å²) in [6, 6.07) is 2.91. The van der Waals surface area contributed by atoms with Gasteiger partial charge in [0, 0.05) is 17.1 Å². The number of benzene rings is 1. The van der Waals surface area contributed by atoms with Crippen LogP contribution in [0.15, 0.2) is 12.1 Å². The monoisotopic (exact) mass is 331 g/mol. The van der Waals surface area contributed by atoms with Crippen molar-refractivity contribution in [1.82, 2.24) is 4.90 Å². The first-order valence-corrected chi connectivity index (χ1v) is 7.86. The molecule has 6 heteroatoms. The SMILES string of the molecule is CCOC(=O)[C@H]1CCCCN1Cc1cc(Cl)cc(Cl)c1O. The largest absolute Gasteiger partial charge is 0.506 e. The van der Waals surface area contributed by atoms with Crippen molar-refractivity contribution in [2.75, 3.05) is 13.2 Å². The summed E-state index contributed by atoms with van der Waals surface area (Å²) in [7, 11) is 0. The first kappa shape index (κ1) is 16.4. The Bertz CT molecular complexity index is 522. The Balaban J connectivity index is 2.17. The first-order valence-electron chi connectivity index (χ1n) is 7.10. The van der Waals surface area contributed by atoms with Gasteiger partial charge in [0.15, 0.2) is 0 Å². The zero-order valence-corrected chi connectivity index (χ0v) is 13.5. The number of phenols is 1. The van der Waals surface area contributed by atoms with E-state index in [0.717, 1.165) is 25.8 Å². The third-order valence-corrected chi connectivity index (χ3v) is 4.16. The van der Waals surface area contributed by atoms with E-state index in [-0.39, 0.29) is 22.8 Å². The van der Waals surface area contributed by atoms with Crippen LogP contribution in [-0.4, -0.2) is 35.2 Å². The van der Waals surface area contributed by atoms with Crippen LogP contribution in [0.25, 0.3) is 0 Å². The Morgan fingerprint density at radius 3 is 2.90 bits per heavy atom. The smallest absolute Gasteiger partial charge is 0.323 e. The lowest BCUT2D eigenvalue weighted by Gasteiger charge is -2.34. The fourth-order valence-corrected chi connectivity index (χ4v) is 3.18. The third-order valence-electron chi connectivity index (χ3n) is 3.65. The average Bonchev–Trinajstić information content (AvgIpc) is 2.45. The molecule has 0 aromatic heterocycles. The van der Waals surface area contributed by atoms with Crippen LogP contribution in [0.3, 0.4) is 0 Å². The summed E-state index contributed by atoms with van der Waals surface area (Å²) in [6.45, 7) is 3.38. The molecule has 0 aliphatic carbocycles. The van der Waals surface area contributed by atoms with Gasteiger partial charge < -0.3 is 9.84 Å². The topological polar surface area (TPSA) is 49.8 Å². The predicted octanol–water partition coefficient (Wildman–Crippen LogP) is 3.62. The van der Waals surface area contributed by atoms with Gasteiger partial charge in [-0.3, -0.25) is 9.69 Å². The van der Waals surface area contributed by atoms with Gasteiger partial charge in [-0.2, -0.15) is 0 Å². The van der Waals surface area contributed by atoms with Crippen molar-refractivity contribution < 1.29 is 14.6 Å². The van der Waals surface area contributed by atoms with Crippen LogP contribution in [0.1, 0.15) is 31.7 Å². The molecule has 1 atom stereocenters. The van der Waals surface area contributed by atoms with Gasteiger partial charge in [0.1, 0.15) is 11.8 Å². The molecule has 116 valence electrons. The minimum atomic E-state index is -0.268. The highest BCUT2D eigenvalue weighted by atomic mass is 35.5. The predicted molar refractivity (Wildman–Crippen MR) is 82.8 cm³/mol. The van der Waals surface area contributed by atoms with E-state index < -0.39 is 0 Å². The second-order valence-corrected chi connectivity index (χ2v) is 5.97. The van der Waals surface area contributed by atoms with E-state index in [9.17, 15) is 9.90 Å². The Labute approximate surface area is 134 Å². The van der Waals surface area contributed by atoms with Crippen LogP contribution >= 0.6 is 23.2 Å². The van der Waals surface area contributed by atoms with Gasteiger partial charge in [-0.1, -0.05) is 29.6 Å². The van der Waals surface area contributed by atoms with Gasteiger partial charge in [0.05, 0.1) is 11.6 Å². The number of ether oxygens (including phenoxy) is 1. The van der Waals surface area contributed by atoms with Gasteiger partial charge in [0.25, 0.3) is 0 Å². The van der Waals surface area contributed by atoms with E-state index in [1.165, 1.54) is 6.07 Å². The number of hydrogen-bond acceptors (Lipinski definition) is 4. The summed E-state index contributed by atoms with van der Waals surface area (Å²) < 4.78 is 5.13. The van der Waals surface area contributed by atoms with Crippen LogP contribution in [0.2, 0.25) is 10.0 Å². The molecule has 1 aromatic rings. The molecule has 0 radical (unpaired) electrons. The van der Waals surface area contributed by atoms with Gasteiger partial charge in [-0.15, -0.1) is 0 Å². The maximum absolute atomic E-state index is 12.0. The summed E-state index contributed by atoms with van der Waals surface area (Å²) in [6.07, 6.45) is 2.79. The third kappa shape index (κ3) is 4.02. The minimum absolute atomic E-state index is 0.0225. The van der Waals surface area contributed by atoms with Crippen molar-refractivity contribution in [3.63, 3.8) is 0 Å². The van der Waals surface area contributed by atoms with Crippen molar-refractivity contribution in [3.8, 4) is 5.75 Å². The Hall–Kier alpha value is -0.970. The van der Waals surface area contributed by atoms with Crippen molar-refractivity contribution >= 4 is 29.2 Å². The molecule has 1 heterocycles. The molecule has 21 heavy (non-hydrogen) atoms. The standard InChI is InChI=1S/C15H19Cl2NO3/c1-2-21-15(20)13-5-3-4-6-18(13)9-10-7-11(16)8-12(17)14(10)19/h7-8,13,19H,2-6,9H2,1H3/t13-/m1/s1. The lowest BCUT2D eigenvalue weighted by molar-refractivity contribution is -0.151. The second-order valence-electron chi connectivity index (χ2n) is 5.13. The van der Waals surface area contributed by atoms with E-state index >= 15 is 0 Å². The van der Waals surface area contributed by atoms with Crippen LogP contribution in [0, 0.1) is 0 Å². The molecule has 1 aliphatic heterocycles. The molecule has 1 fully saturated rings. The van der Waals surface area contributed by atoms with Gasteiger partial charge in [-0.05, 0) is 38.4 Å². The van der Waals surface area contributed by atoms with Crippen molar-refractivity contribution in [2.24, 2.45) is 0 Å². The quantitative estimate of drug-likeness (QED) is 0.856. The highest BCUT2D eigenvalue weighted by Crippen LogP contribution is 2.33. The number of esters is 1. The fourth-order valence-electron chi connectivity index (χ4n) is 2.64. The minimum Gasteiger partial charge on any atom is -0.506 e. The number of likely N-dealkylation sites (tertiary alicyclic amines) is 1. The molecule has 0 bridgehead atoms. The second kappa shape index (κ2) is 7.34. The van der Waals surface area contributed by atoms with Crippen molar-refractivity contribution in [2.45, 2.75) is 38.8 Å². The lowest BCUT2D eigenvalue weighted by Crippen LogP contribution is -2.44. The molecule has 1 saturated heterocycles. The molecule has 1 aliphatic rings. The summed E-state index contributed by atoms with van der Waals surface area (Å²) in [5, 5.41) is 10.7. The molecule has 1 aromatic carbocycles. The maximum atomic E-state index is 12.0. The van der Waals surface area contributed by atoms with Crippen molar-refractivity contribution in [1.29, 1.82) is 0 Å². The average molecular weight is 332 g/mol. The molecule has 0 amide bonds. The molecular weight excluding hydrogens is 313 g/mol. The van der Waals surface area contributed by atoms with E-state index in [0.29, 0.717) is 23.7 Å². The number of phenolic OH excluding ortho intramolecular Hbond substituents is 1. The number of carbonyl (C=O) groups excluding carboxylic acids is 1. The van der Waals surface area contributed by atoms with Crippen LogP contribution in [0.4, 0.5) is 0 Å². The van der Waals surface area contributed by atoms with E-state index in [2.05, 4.69) is 0 Å². The van der Waals surface area contributed by atoms with Gasteiger partial charge >= 0.3 is 5.97 Å². The van der Waals surface area contributed by atoms with Crippen LogP contribution in [-0.2, 0) is 16.1 Å². The van der Waals surface area contributed by atoms with E-state index in [4.69, 9.17) is 27.9 Å². The summed E-state index contributed by atoms with van der Waals surface area (Å²) in [4.78, 5) is 14.1. The zero-order valence-electron chi connectivity index (χ0n) is 11.9. The number of nitrogens with zero attached hydrogens (tertiary/aromatic N) is 1. The van der Waals surface area contributed by atoms with Crippen LogP contribution in [0.5, 0.6) is 5.75 Å². The Morgan fingerprint density at radius 1 is 1.43 bits per heavy atom. The van der Waals surface area contributed by atoms with Gasteiger partial charge in [0.2, 0.25) is 0 Å². The Morgan fingerprint density at radius 2 is 2.19 bits per heavy atom. The number of rotatable bonds is 4. The normalized spacial score (nSPS) is 19.5. The number of aromatic hydroxyl groups is 1. The zero-order chi connectivity index (χ0) is 15.4. The lowest BCUT2D eigenvalue weighted by atomic mass is 10.0. The molecule has 2 rings (SSSR count). The molecule has 0 spiro atoms. The molecule has 0 saturated carbocycles. The highest BCUT2D eigenvalue weighted by molar-refractivity contribution is 6.35. The maximum Gasteiger partial charge on any atom is 0.323 e. The summed E-state index contributed by atoms with van der Waals surface area (Å²) >= 11 is 11.9. The van der Waals surface area contributed by atoms with E-state index in [1.54, 1.807) is 13.0 Å².